The van der Waals surface area contributed by atoms with E-state index in [9.17, 15) is 97.0 Å². The number of nitrogens with one attached hydrogen (secondary N) is 1. The summed E-state index contributed by atoms with van der Waals surface area (Å²) in [6.07, 6.45) is -12.9. The lowest BCUT2D eigenvalue weighted by atomic mass is 9.86. The van der Waals surface area contributed by atoms with Crippen molar-refractivity contribution in [3.63, 3.8) is 0 Å². The molecule has 2 aromatic rings. The minimum Gasteiger partial charge on any atom is -0.449 e. The number of alkyl halides is 21. The Bertz CT molecular complexity index is 1440. The predicted molar refractivity (Wildman–Crippen MR) is 114 cm³/mol. The highest BCUT2D eigenvalue weighted by molar-refractivity contribution is 6.00. The molecule has 0 radical (unpaired) electrons. The van der Waals surface area contributed by atoms with Crippen LogP contribution in [-0.4, -0.2) is 72.2 Å². The summed E-state index contributed by atoms with van der Waals surface area (Å²) < 4.78 is 286. The fraction of sp³-hybridized carbons (Fsp3) is 0.522. The largest absolute Gasteiger partial charge is 0.460 e. The number of halogens is 21. The molecule has 47 heavy (non-hydrogen) atoms. The van der Waals surface area contributed by atoms with Crippen LogP contribution in [-0.2, 0) is 4.74 Å². The third kappa shape index (κ3) is 5.81. The Morgan fingerprint density at radius 1 is 0.511 bits per heavy atom. The van der Waals surface area contributed by atoms with Gasteiger partial charge in [-0.3, -0.25) is 5.32 Å². The van der Waals surface area contributed by atoms with Crippen molar-refractivity contribution in [2.24, 2.45) is 0 Å². The van der Waals surface area contributed by atoms with Gasteiger partial charge < -0.3 is 4.74 Å². The summed E-state index contributed by atoms with van der Waals surface area (Å²) in [7, 11) is 0. The first kappa shape index (κ1) is 39.7. The molecule has 2 rings (SSSR count). The van der Waals surface area contributed by atoms with Crippen LogP contribution >= 0.6 is 0 Å². The summed E-state index contributed by atoms with van der Waals surface area (Å²) >= 11 is 0. The maximum atomic E-state index is 14.0. The number of fused-ring (bicyclic) bond motifs is 1. The fourth-order valence-electron chi connectivity index (χ4n) is 3.50. The fourth-order valence-corrected chi connectivity index (χ4v) is 3.50. The second-order valence-corrected chi connectivity index (χ2v) is 9.33. The van der Waals surface area contributed by atoms with Crippen molar-refractivity contribution in [1.29, 1.82) is 0 Å². The van der Waals surface area contributed by atoms with Gasteiger partial charge in [0, 0.05) is 5.39 Å². The molecule has 1 N–H and O–H groups in total. The summed E-state index contributed by atoms with van der Waals surface area (Å²) in [5.74, 6) is -77.7. The Hall–Kier alpha value is -3.50. The van der Waals surface area contributed by atoms with E-state index in [4.69, 9.17) is 0 Å². The van der Waals surface area contributed by atoms with Crippen LogP contribution in [0, 0.1) is 0 Å². The van der Waals surface area contributed by atoms with E-state index in [0.717, 1.165) is 6.07 Å². The minimum atomic E-state index is -9.24. The second kappa shape index (κ2) is 11.6. The zero-order valence-electron chi connectivity index (χ0n) is 21.7. The molecule has 0 bridgehead atoms. The van der Waals surface area contributed by atoms with Crippen molar-refractivity contribution >= 4 is 22.6 Å². The smallest absolute Gasteiger partial charge is 0.449 e. The van der Waals surface area contributed by atoms with Crippen LogP contribution in [0.5, 0.6) is 0 Å². The molecule has 0 fully saturated rings. The Balaban J connectivity index is 2.37. The molecule has 0 heterocycles. The van der Waals surface area contributed by atoms with Crippen molar-refractivity contribution in [1.82, 2.24) is 0 Å². The third-order valence-electron chi connectivity index (χ3n) is 6.25. The highest BCUT2D eigenvalue weighted by Gasteiger charge is 2.97. The quantitative estimate of drug-likeness (QED) is 0.221. The van der Waals surface area contributed by atoms with Crippen LogP contribution in [0.2, 0.25) is 0 Å². The third-order valence-corrected chi connectivity index (χ3v) is 6.25. The van der Waals surface area contributed by atoms with Gasteiger partial charge in [-0.2, -0.15) is 92.2 Å². The molecule has 0 unspecified atom stereocenters. The van der Waals surface area contributed by atoms with Crippen LogP contribution in [0.15, 0.2) is 42.5 Å². The summed E-state index contributed by atoms with van der Waals surface area (Å²) in [5.41, 5.74) is -0.157. The Labute approximate surface area is 245 Å². The number of carbonyl (C=O) groups is 1. The molecule has 3 nitrogen and oxygen atoms in total. The van der Waals surface area contributed by atoms with Gasteiger partial charge in [0.15, 0.2) is 0 Å². The minimum absolute atomic E-state index is 0.157. The van der Waals surface area contributed by atoms with Crippen molar-refractivity contribution < 1.29 is 102 Å². The number of ether oxygens (including phenoxy) is 1. The van der Waals surface area contributed by atoms with E-state index in [1.165, 1.54) is 36.4 Å². The first-order valence-corrected chi connectivity index (χ1v) is 11.6. The number of anilines is 1. The molecule has 0 saturated heterocycles. The van der Waals surface area contributed by atoms with Crippen molar-refractivity contribution in [2.45, 2.75) is 65.9 Å². The molecule has 0 aliphatic carbocycles. The van der Waals surface area contributed by atoms with Crippen molar-refractivity contribution in [3.8, 4) is 0 Å². The number of benzene rings is 2. The number of hydrogen-bond donors (Lipinski definition) is 1. The van der Waals surface area contributed by atoms with Gasteiger partial charge in [0.1, 0.15) is 0 Å². The van der Waals surface area contributed by atoms with Gasteiger partial charge in [0.2, 0.25) is 0 Å². The molecule has 0 aliphatic heterocycles. The van der Waals surface area contributed by atoms with Gasteiger partial charge in [-0.25, -0.2) is 4.79 Å². The van der Waals surface area contributed by atoms with E-state index >= 15 is 0 Å². The lowest BCUT2D eigenvalue weighted by molar-refractivity contribution is -0.474. The van der Waals surface area contributed by atoms with Gasteiger partial charge in [-0.05, 0) is 11.5 Å². The van der Waals surface area contributed by atoms with E-state index < -0.39 is 78.6 Å². The van der Waals surface area contributed by atoms with E-state index in [1.54, 1.807) is 0 Å². The number of amides is 1. The molecule has 0 atom stereocenters. The lowest BCUT2D eigenvalue weighted by Gasteiger charge is -2.44. The zero-order chi connectivity index (χ0) is 37.1. The van der Waals surface area contributed by atoms with Gasteiger partial charge in [0.25, 0.3) is 0 Å². The molecule has 0 saturated carbocycles. The van der Waals surface area contributed by atoms with Crippen LogP contribution in [0.1, 0.15) is 6.42 Å². The standard InChI is InChI=1S/C23H12F21NO2/c24-14(25,8-9-47-13(46)45-12-7-3-5-10-4-1-2-6-11(10)12)15(26,27)16(28,29)17(30,31)18(32,33)19(34,35)20(36,37)21(38,39)22(40,41)23(42,43)44/h1-7H,8-9H2,(H,45,46). The number of carbonyl (C=O) groups excluding carboxylic acids is 1. The molecule has 0 aromatic heterocycles. The number of rotatable bonds is 12. The second-order valence-electron chi connectivity index (χ2n) is 9.33. The van der Waals surface area contributed by atoms with Crippen LogP contribution in [0.3, 0.4) is 0 Å². The Morgan fingerprint density at radius 2 is 0.894 bits per heavy atom. The van der Waals surface area contributed by atoms with Crippen LogP contribution in [0.4, 0.5) is 103 Å². The van der Waals surface area contributed by atoms with Gasteiger partial charge in [0.05, 0.1) is 18.7 Å². The summed E-state index contributed by atoms with van der Waals surface area (Å²) in [6, 6.07) is 9.70. The summed E-state index contributed by atoms with van der Waals surface area (Å²) in [4.78, 5) is 11.8. The van der Waals surface area contributed by atoms with E-state index in [2.05, 4.69) is 4.74 Å². The lowest BCUT2D eigenvalue weighted by Crippen LogP contribution is -2.76. The maximum absolute atomic E-state index is 14.0. The maximum Gasteiger partial charge on any atom is 0.460 e. The molecule has 2 aromatic carbocycles. The topological polar surface area (TPSA) is 38.3 Å². The normalized spacial score (nSPS) is 15.2. The Kier molecular flexibility index (Phi) is 9.78. The highest BCUT2D eigenvalue weighted by Crippen LogP contribution is 2.66. The molecular weight excluding hydrogens is 721 g/mol. The van der Waals surface area contributed by atoms with Gasteiger partial charge in [-0.1, -0.05) is 36.4 Å². The van der Waals surface area contributed by atoms with Gasteiger partial charge in [-0.15, -0.1) is 0 Å². The first-order valence-electron chi connectivity index (χ1n) is 11.6. The van der Waals surface area contributed by atoms with Crippen LogP contribution < -0.4 is 5.32 Å². The molecule has 1 amide bonds. The average molecular weight is 733 g/mol. The van der Waals surface area contributed by atoms with Crippen molar-refractivity contribution in [3.05, 3.63) is 42.5 Å². The molecule has 268 valence electrons. The molecule has 0 spiro atoms. The van der Waals surface area contributed by atoms with Gasteiger partial charge >= 0.3 is 65.6 Å². The highest BCUT2D eigenvalue weighted by atomic mass is 19.4. The molecule has 0 aliphatic rings. The predicted octanol–water partition coefficient (Wildman–Crippen LogP) is 10.1. The van der Waals surface area contributed by atoms with E-state index in [-0.39, 0.29) is 11.1 Å². The summed E-state index contributed by atoms with van der Waals surface area (Å²) in [5, 5.41) is 2.51. The number of hydrogen-bond acceptors (Lipinski definition) is 2. The SMILES string of the molecule is O=C(Nc1cccc2ccccc12)OCCC(F)(F)C(F)(F)C(F)(F)C(F)(F)C(F)(F)C(F)(F)C(F)(F)C(F)(F)C(F)(F)C(F)(F)F. The first-order chi connectivity index (χ1) is 20.7. The molecular formula is C23H12F21NO2. The molecule has 24 heteroatoms. The monoisotopic (exact) mass is 733 g/mol. The van der Waals surface area contributed by atoms with E-state index in [1.807, 2.05) is 5.32 Å². The average Bonchev–Trinajstić information content (AvgIpc) is 2.91. The Morgan fingerprint density at radius 3 is 1.34 bits per heavy atom. The zero-order valence-corrected chi connectivity index (χ0v) is 21.7. The van der Waals surface area contributed by atoms with Crippen LogP contribution in [0.25, 0.3) is 10.8 Å². The summed E-state index contributed by atoms with van der Waals surface area (Å²) in [6.45, 7) is -2.19. The van der Waals surface area contributed by atoms with E-state index in [0.29, 0.717) is 5.39 Å². The van der Waals surface area contributed by atoms with Crippen molar-refractivity contribution in [2.75, 3.05) is 11.9 Å².